The maximum Gasteiger partial charge on any atom is 0.296 e. The van der Waals surface area contributed by atoms with Crippen LogP contribution in [0.4, 0.5) is 56.9 Å². The minimum atomic E-state index is -4.45. The minimum absolute atomic E-state index is 0.0136. The van der Waals surface area contributed by atoms with E-state index < -0.39 is 10.1 Å². The lowest BCUT2D eigenvalue weighted by molar-refractivity contribution is 0.405. The van der Waals surface area contributed by atoms with Crippen LogP contribution in [0.5, 0.6) is 11.5 Å². The van der Waals surface area contributed by atoms with Gasteiger partial charge in [0, 0.05) is 11.1 Å². The Kier molecular flexibility index (Phi) is 11.8. The molecule has 0 fully saturated rings. The van der Waals surface area contributed by atoms with Gasteiger partial charge in [-0.1, -0.05) is 18.2 Å². The number of nitrogens with two attached hydrogens (primary N) is 1. The number of hydrogen-bond acceptors (Lipinski definition) is 14. The number of phenols is 1. The zero-order valence-electron chi connectivity index (χ0n) is 32.8. The second-order valence-electron chi connectivity index (χ2n) is 13.8. The quantitative estimate of drug-likeness (QED) is 0.0404. The van der Waals surface area contributed by atoms with E-state index in [0.29, 0.717) is 62.3 Å². The topological polar surface area (TPSA) is 221 Å². The summed E-state index contributed by atoms with van der Waals surface area (Å²) < 4.78 is 32.8. The molecule has 7 aromatic rings. The van der Waals surface area contributed by atoms with E-state index >= 15 is 0 Å². The number of benzene rings is 7. The molecule has 0 aromatic heterocycles. The summed E-state index contributed by atoms with van der Waals surface area (Å²) in [6.45, 7) is 7.55. The van der Waals surface area contributed by atoms with E-state index in [9.17, 15) is 18.1 Å². The summed E-state index contributed by atoms with van der Waals surface area (Å²) in [4.78, 5) is 5.30. The number of anilines is 2. The Hall–Kier alpha value is -7.69. The van der Waals surface area contributed by atoms with Crippen LogP contribution in [0, 0.1) is 27.7 Å². The van der Waals surface area contributed by atoms with E-state index in [2.05, 4.69) is 46.4 Å². The monoisotopic (exact) mass is 818 g/mol. The number of aryl methyl sites for hydroxylation is 4. The van der Waals surface area contributed by atoms with Gasteiger partial charge in [-0.25, -0.2) is 5.48 Å². The van der Waals surface area contributed by atoms with Gasteiger partial charge in [0.1, 0.15) is 16.3 Å². The fraction of sp³-hybridized carbons (Fsp3) is 0.0909. The second kappa shape index (κ2) is 17.4. The van der Waals surface area contributed by atoms with E-state index in [1.807, 2.05) is 64.1 Å². The third-order valence-electron chi connectivity index (χ3n) is 9.23. The highest BCUT2D eigenvalue weighted by atomic mass is 32.2. The van der Waals surface area contributed by atoms with Gasteiger partial charge in [0.25, 0.3) is 10.1 Å². The smallest absolute Gasteiger partial charge is 0.296 e. The van der Waals surface area contributed by atoms with Crippen LogP contribution in [0.15, 0.2) is 173 Å². The summed E-state index contributed by atoms with van der Waals surface area (Å²) in [5, 5.41) is 47.2. The van der Waals surface area contributed by atoms with Crippen molar-refractivity contribution in [3.05, 3.63) is 150 Å². The standard InChI is InChI=1S/C44H38N10O5S/c1-26-21-33(13-19-37(26)48-46-32-14-20-38(27(2)22-32)49-50-39-7-5-6-8-43(39)60(56,57)58)47-52-41-23-29(4)42(24-28(41)3)53-51-40-18-9-30-25-34(12-17-36(30)44(40)55)54-59-35-15-10-31(45)11-16-35/h5-25,54-55H,45H2,1-4H3,(H,56,57,58). The van der Waals surface area contributed by atoms with Crippen LogP contribution >= 0.6 is 0 Å². The van der Waals surface area contributed by atoms with Crippen molar-refractivity contribution in [2.24, 2.45) is 40.9 Å². The van der Waals surface area contributed by atoms with E-state index in [4.69, 9.17) is 10.6 Å². The first-order valence-electron chi connectivity index (χ1n) is 18.4. The number of hydrogen-bond donors (Lipinski definition) is 4. The van der Waals surface area contributed by atoms with Crippen molar-refractivity contribution in [1.29, 1.82) is 0 Å². The second-order valence-corrected chi connectivity index (χ2v) is 15.1. The van der Waals surface area contributed by atoms with Gasteiger partial charge >= 0.3 is 0 Å². The van der Waals surface area contributed by atoms with E-state index in [1.165, 1.54) is 18.2 Å². The van der Waals surface area contributed by atoms with E-state index in [0.717, 1.165) is 27.6 Å². The SMILES string of the molecule is Cc1cc(N=Nc2cc(C)c(N=Nc3ccc4cc(NOc5ccc(N)cc5)ccc4c3O)cc2C)ccc1N=Nc1ccc(N=Nc2ccccc2S(=O)(=O)O)c(C)c1. The molecule has 0 saturated heterocycles. The Morgan fingerprint density at radius 1 is 0.533 bits per heavy atom. The zero-order valence-corrected chi connectivity index (χ0v) is 33.6. The molecule has 0 atom stereocenters. The molecule has 0 aliphatic carbocycles. The summed E-state index contributed by atoms with van der Waals surface area (Å²) in [7, 11) is -4.45. The third kappa shape index (κ3) is 9.70. The molecule has 16 heteroatoms. The van der Waals surface area contributed by atoms with Crippen LogP contribution in [0.2, 0.25) is 0 Å². The van der Waals surface area contributed by atoms with Gasteiger partial charge in [-0.2, -0.15) is 39.1 Å². The molecule has 0 bridgehead atoms. The van der Waals surface area contributed by atoms with E-state index in [-0.39, 0.29) is 16.3 Å². The van der Waals surface area contributed by atoms with Crippen molar-refractivity contribution >= 4 is 77.8 Å². The van der Waals surface area contributed by atoms with Crippen molar-refractivity contribution < 1.29 is 22.9 Å². The van der Waals surface area contributed by atoms with Gasteiger partial charge in [-0.05, 0) is 165 Å². The lowest BCUT2D eigenvalue weighted by Crippen LogP contribution is -2.04. The molecular weight excluding hydrogens is 781 g/mol. The Morgan fingerprint density at radius 2 is 1.05 bits per heavy atom. The predicted octanol–water partition coefficient (Wildman–Crippen LogP) is 13.7. The Balaban J connectivity index is 0.985. The van der Waals surface area contributed by atoms with Crippen LogP contribution in [0.3, 0.4) is 0 Å². The molecule has 0 amide bonds. The molecule has 0 aliphatic rings. The number of fused-ring (bicyclic) bond motifs is 1. The average Bonchev–Trinajstić information content (AvgIpc) is 3.22. The molecule has 60 heavy (non-hydrogen) atoms. The molecule has 0 radical (unpaired) electrons. The maximum absolute atomic E-state index is 11.7. The highest BCUT2D eigenvalue weighted by Crippen LogP contribution is 2.38. The number of nitrogens with zero attached hydrogens (tertiary/aromatic N) is 8. The molecule has 0 saturated carbocycles. The van der Waals surface area contributed by atoms with Crippen LogP contribution < -0.4 is 16.1 Å². The van der Waals surface area contributed by atoms with Gasteiger partial charge in [-0.15, -0.1) is 10.2 Å². The number of azo groups is 4. The summed E-state index contributed by atoms with van der Waals surface area (Å²) in [6.07, 6.45) is 0. The van der Waals surface area contributed by atoms with Crippen molar-refractivity contribution in [2.45, 2.75) is 32.6 Å². The third-order valence-corrected chi connectivity index (χ3v) is 10.1. The number of nitrogens with one attached hydrogen (secondary N) is 1. The van der Waals surface area contributed by atoms with E-state index in [1.54, 1.807) is 72.8 Å². The highest BCUT2D eigenvalue weighted by molar-refractivity contribution is 7.86. The summed E-state index contributed by atoms with van der Waals surface area (Å²) in [5.41, 5.74) is 17.3. The molecule has 300 valence electrons. The van der Waals surface area contributed by atoms with Crippen LogP contribution in [0.25, 0.3) is 10.8 Å². The molecule has 0 heterocycles. The van der Waals surface area contributed by atoms with Gasteiger partial charge < -0.3 is 15.7 Å². The molecular formula is C44H38N10O5S. The van der Waals surface area contributed by atoms with Crippen LogP contribution in [-0.4, -0.2) is 18.1 Å². The first-order valence-corrected chi connectivity index (χ1v) is 19.8. The van der Waals surface area contributed by atoms with Crippen molar-refractivity contribution in [3.63, 3.8) is 0 Å². The molecule has 5 N–H and O–H groups in total. The maximum atomic E-state index is 11.7. The lowest BCUT2D eigenvalue weighted by atomic mass is 10.1. The van der Waals surface area contributed by atoms with Gasteiger partial charge in [0.05, 0.1) is 39.8 Å². The summed E-state index contributed by atoms with van der Waals surface area (Å²) in [6, 6.07) is 36.3. The molecule has 7 rings (SSSR count). The summed E-state index contributed by atoms with van der Waals surface area (Å²) >= 11 is 0. The lowest BCUT2D eigenvalue weighted by Gasteiger charge is -2.10. The van der Waals surface area contributed by atoms with Crippen LogP contribution in [0.1, 0.15) is 22.3 Å². The normalized spacial score (nSPS) is 12.1. The average molecular weight is 819 g/mol. The van der Waals surface area contributed by atoms with Gasteiger partial charge in [0.2, 0.25) is 0 Å². The molecule has 7 aromatic carbocycles. The molecule has 0 unspecified atom stereocenters. The Morgan fingerprint density at radius 3 is 1.67 bits per heavy atom. The fourth-order valence-corrected chi connectivity index (χ4v) is 6.55. The molecule has 0 spiro atoms. The minimum Gasteiger partial charge on any atom is -0.505 e. The predicted molar refractivity (Wildman–Crippen MR) is 232 cm³/mol. The van der Waals surface area contributed by atoms with Crippen LogP contribution in [-0.2, 0) is 10.1 Å². The fourth-order valence-electron chi connectivity index (χ4n) is 5.93. The number of nitrogen functional groups attached to an aromatic ring is 1. The highest BCUT2D eigenvalue weighted by Gasteiger charge is 2.15. The zero-order chi connectivity index (χ0) is 42.4. The number of rotatable bonds is 12. The molecule has 15 nitrogen and oxygen atoms in total. The number of phenolic OH excluding ortho intramolecular Hbond substituents is 1. The first kappa shape index (κ1) is 40.5. The van der Waals surface area contributed by atoms with Crippen molar-refractivity contribution in [2.75, 3.05) is 11.2 Å². The van der Waals surface area contributed by atoms with Crippen molar-refractivity contribution in [1.82, 2.24) is 0 Å². The Labute approximate surface area is 345 Å². The van der Waals surface area contributed by atoms with Gasteiger partial charge in [-0.3, -0.25) is 4.55 Å². The largest absolute Gasteiger partial charge is 0.505 e. The summed E-state index contributed by atoms with van der Waals surface area (Å²) in [5.74, 6) is 0.624. The van der Waals surface area contributed by atoms with Crippen molar-refractivity contribution in [3.8, 4) is 11.5 Å². The first-order chi connectivity index (χ1) is 28.8. The van der Waals surface area contributed by atoms with Gasteiger partial charge in [0.15, 0.2) is 11.5 Å². The number of aromatic hydroxyl groups is 1. The molecule has 0 aliphatic heterocycles. The Bertz CT molecular complexity index is 2990.